The number of pyridine rings is 1. The van der Waals surface area contributed by atoms with E-state index in [2.05, 4.69) is 39.9 Å². The molecule has 34 heavy (non-hydrogen) atoms. The summed E-state index contributed by atoms with van der Waals surface area (Å²) in [5.74, 6) is -1.39. The van der Waals surface area contributed by atoms with Gasteiger partial charge in [-0.25, -0.2) is 14.6 Å². The average molecular weight is 460 g/mol. The van der Waals surface area contributed by atoms with Gasteiger partial charge in [0, 0.05) is 31.1 Å². The Kier molecular flexibility index (Phi) is 6.87. The van der Waals surface area contributed by atoms with Gasteiger partial charge in [0.15, 0.2) is 0 Å². The van der Waals surface area contributed by atoms with Gasteiger partial charge in [-0.1, -0.05) is 54.6 Å². The first-order chi connectivity index (χ1) is 16.4. The van der Waals surface area contributed by atoms with Crippen molar-refractivity contribution in [3.05, 3.63) is 89.2 Å². The maximum Gasteiger partial charge on any atom is 0.407 e. The van der Waals surface area contributed by atoms with Crippen molar-refractivity contribution in [2.24, 2.45) is 0 Å². The molecule has 0 radical (unpaired) electrons. The van der Waals surface area contributed by atoms with Crippen LogP contribution in [0.25, 0.3) is 11.1 Å². The second-order valence-corrected chi connectivity index (χ2v) is 8.21. The summed E-state index contributed by atoms with van der Waals surface area (Å²) >= 11 is 0. The van der Waals surface area contributed by atoms with Crippen LogP contribution in [0.3, 0.4) is 0 Å². The van der Waals surface area contributed by atoms with Crippen molar-refractivity contribution >= 4 is 18.0 Å². The summed E-state index contributed by atoms with van der Waals surface area (Å²) in [7, 11) is 0. The van der Waals surface area contributed by atoms with Crippen molar-refractivity contribution in [3.63, 3.8) is 0 Å². The highest BCUT2D eigenvalue weighted by atomic mass is 16.5. The number of ether oxygens (including phenoxy) is 1. The van der Waals surface area contributed by atoms with Crippen molar-refractivity contribution in [2.45, 2.75) is 31.8 Å². The van der Waals surface area contributed by atoms with E-state index in [9.17, 15) is 14.4 Å². The summed E-state index contributed by atoms with van der Waals surface area (Å²) in [6.07, 6.45) is 0.906. The lowest BCUT2D eigenvalue weighted by atomic mass is 9.98. The van der Waals surface area contributed by atoms with E-state index in [0.717, 1.165) is 22.3 Å². The molecule has 0 fully saturated rings. The number of benzene rings is 2. The molecular formula is C26H25N3O5. The van der Waals surface area contributed by atoms with Gasteiger partial charge in [0.2, 0.25) is 5.91 Å². The monoisotopic (exact) mass is 459 g/mol. The zero-order valence-electron chi connectivity index (χ0n) is 18.7. The molecule has 174 valence electrons. The number of aromatic carboxylic acids is 1. The van der Waals surface area contributed by atoms with Crippen molar-refractivity contribution in [1.29, 1.82) is 0 Å². The van der Waals surface area contributed by atoms with Gasteiger partial charge in [-0.15, -0.1) is 0 Å². The van der Waals surface area contributed by atoms with E-state index >= 15 is 0 Å². The number of alkyl carbamates (subject to hydrolysis) is 1. The molecule has 3 N–H and O–H groups in total. The van der Waals surface area contributed by atoms with E-state index < -0.39 is 18.1 Å². The van der Waals surface area contributed by atoms with Crippen LogP contribution in [0.15, 0.2) is 66.9 Å². The van der Waals surface area contributed by atoms with Crippen LogP contribution in [0.5, 0.6) is 0 Å². The molecule has 2 amide bonds. The van der Waals surface area contributed by atoms with E-state index in [1.165, 1.54) is 12.3 Å². The number of fused-ring (bicyclic) bond motifs is 3. The van der Waals surface area contributed by atoms with E-state index in [-0.39, 0.29) is 37.1 Å². The molecule has 2 aromatic carbocycles. The first-order valence-corrected chi connectivity index (χ1v) is 11.0. The number of nitrogens with zero attached hydrogens (tertiary/aromatic N) is 1. The Morgan fingerprint density at radius 3 is 2.24 bits per heavy atom. The topological polar surface area (TPSA) is 118 Å². The number of nitrogens with one attached hydrogen (secondary N) is 2. The van der Waals surface area contributed by atoms with Crippen molar-refractivity contribution in [2.75, 3.05) is 6.61 Å². The van der Waals surface area contributed by atoms with Crippen LogP contribution in [0.1, 0.15) is 46.4 Å². The molecule has 0 bridgehead atoms. The van der Waals surface area contributed by atoms with Crippen LogP contribution < -0.4 is 10.6 Å². The fraction of sp³-hybridized carbons (Fsp3) is 0.231. The second-order valence-electron chi connectivity index (χ2n) is 8.21. The number of carboxylic acids is 1. The van der Waals surface area contributed by atoms with Gasteiger partial charge >= 0.3 is 12.1 Å². The Hall–Kier alpha value is -4.20. The largest absolute Gasteiger partial charge is 0.477 e. The van der Waals surface area contributed by atoms with E-state index in [1.807, 2.05) is 24.3 Å². The van der Waals surface area contributed by atoms with Crippen molar-refractivity contribution < 1.29 is 24.2 Å². The van der Waals surface area contributed by atoms with Crippen molar-refractivity contribution in [1.82, 2.24) is 15.6 Å². The molecule has 3 aromatic rings. The third-order valence-electron chi connectivity index (χ3n) is 5.73. The number of hydrogen-bond acceptors (Lipinski definition) is 5. The predicted octanol–water partition coefficient (Wildman–Crippen LogP) is 3.71. The molecule has 8 heteroatoms. The van der Waals surface area contributed by atoms with Crippen LogP contribution >= 0.6 is 0 Å². The van der Waals surface area contributed by atoms with Crippen LogP contribution in [0, 0.1) is 0 Å². The first-order valence-electron chi connectivity index (χ1n) is 11.0. The summed E-state index contributed by atoms with van der Waals surface area (Å²) in [4.78, 5) is 39.2. The highest BCUT2D eigenvalue weighted by molar-refractivity contribution is 5.85. The number of amides is 2. The molecule has 0 spiro atoms. The Balaban J connectivity index is 1.24. The summed E-state index contributed by atoms with van der Waals surface area (Å²) in [5.41, 5.74) is 5.20. The minimum Gasteiger partial charge on any atom is -0.477 e. The second kappa shape index (κ2) is 10.2. The third kappa shape index (κ3) is 5.23. The molecule has 1 aliphatic carbocycles. The number of carbonyl (C=O) groups is 3. The molecule has 1 unspecified atom stereocenters. The normalized spacial score (nSPS) is 12.9. The standard InChI is InChI=1S/C26H25N3O5/c1-16(12-24(30)28-14-17-10-11-23(25(31)32)27-13-17)29-26(33)34-15-22-20-8-4-2-6-18(20)19-7-3-5-9-21(19)22/h2-11,13,16,22H,12,14-15H2,1H3,(H,28,30)(H,29,33)(H,31,32). The molecule has 1 aromatic heterocycles. The molecular weight excluding hydrogens is 434 g/mol. The fourth-order valence-corrected chi connectivity index (χ4v) is 4.10. The summed E-state index contributed by atoms with van der Waals surface area (Å²) in [5, 5.41) is 14.3. The van der Waals surface area contributed by atoms with E-state index in [4.69, 9.17) is 9.84 Å². The van der Waals surface area contributed by atoms with Crippen molar-refractivity contribution in [3.8, 4) is 11.1 Å². The maximum atomic E-state index is 12.4. The van der Waals surface area contributed by atoms with Crippen LogP contribution in [-0.2, 0) is 16.1 Å². The fourth-order valence-electron chi connectivity index (χ4n) is 4.10. The number of carbonyl (C=O) groups excluding carboxylic acids is 2. The first kappa shape index (κ1) is 23.0. The quantitative estimate of drug-likeness (QED) is 0.473. The van der Waals surface area contributed by atoms with Gasteiger partial charge in [0.05, 0.1) is 0 Å². The molecule has 0 saturated carbocycles. The minimum absolute atomic E-state index is 0.0297. The Morgan fingerprint density at radius 1 is 1.00 bits per heavy atom. The van der Waals surface area contributed by atoms with Gasteiger partial charge < -0.3 is 20.5 Å². The maximum absolute atomic E-state index is 12.4. The Bertz CT molecular complexity index is 1160. The Labute approximate surface area is 197 Å². The minimum atomic E-state index is -1.11. The van der Waals surface area contributed by atoms with Gasteiger partial charge in [-0.2, -0.15) is 0 Å². The lowest BCUT2D eigenvalue weighted by Gasteiger charge is -2.17. The average Bonchev–Trinajstić information content (AvgIpc) is 3.15. The van der Waals surface area contributed by atoms with Gasteiger partial charge in [-0.3, -0.25) is 4.79 Å². The predicted molar refractivity (Wildman–Crippen MR) is 125 cm³/mol. The molecule has 4 rings (SSSR count). The smallest absolute Gasteiger partial charge is 0.407 e. The number of carboxylic acid groups (broad SMARTS) is 1. The lowest BCUT2D eigenvalue weighted by Crippen LogP contribution is -2.38. The SMILES string of the molecule is CC(CC(=O)NCc1ccc(C(=O)O)nc1)NC(=O)OCC1c2ccccc2-c2ccccc21. The van der Waals surface area contributed by atoms with E-state index in [0.29, 0.717) is 5.56 Å². The molecule has 1 heterocycles. The summed E-state index contributed by atoms with van der Waals surface area (Å²) < 4.78 is 5.51. The highest BCUT2D eigenvalue weighted by Gasteiger charge is 2.29. The van der Waals surface area contributed by atoms with E-state index in [1.54, 1.807) is 13.0 Å². The summed E-state index contributed by atoms with van der Waals surface area (Å²) in [6, 6.07) is 18.8. The molecule has 0 aliphatic heterocycles. The van der Waals surface area contributed by atoms with Gasteiger partial charge in [-0.05, 0) is 40.8 Å². The van der Waals surface area contributed by atoms with Crippen LogP contribution in [0.4, 0.5) is 4.79 Å². The molecule has 0 saturated heterocycles. The molecule has 1 atom stereocenters. The van der Waals surface area contributed by atoms with Crippen LogP contribution in [0.2, 0.25) is 0 Å². The van der Waals surface area contributed by atoms with Gasteiger partial charge in [0.25, 0.3) is 0 Å². The molecule has 1 aliphatic rings. The highest BCUT2D eigenvalue weighted by Crippen LogP contribution is 2.44. The summed E-state index contributed by atoms with van der Waals surface area (Å²) in [6.45, 7) is 2.14. The Morgan fingerprint density at radius 2 is 1.65 bits per heavy atom. The van der Waals surface area contributed by atoms with Crippen LogP contribution in [-0.4, -0.2) is 40.7 Å². The van der Waals surface area contributed by atoms with Gasteiger partial charge in [0.1, 0.15) is 12.3 Å². The zero-order chi connectivity index (χ0) is 24.1. The number of aromatic nitrogens is 1. The molecule has 8 nitrogen and oxygen atoms in total. The number of rotatable bonds is 8. The lowest BCUT2D eigenvalue weighted by molar-refractivity contribution is -0.121. The third-order valence-corrected chi connectivity index (χ3v) is 5.73. The zero-order valence-corrected chi connectivity index (χ0v) is 18.7. The number of hydrogen-bond donors (Lipinski definition) is 3.